The highest BCUT2D eigenvalue weighted by atomic mass is 32.2. The van der Waals surface area contributed by atoms with Crippen LogP contribution in [-0.4, -0.2) is 49.7 Å². The zero-order chi connectivity index (χ0) is 19.4. The smallest absolute Gasteiger partial charge is 0.254 e. The highest BCUT2D eigenvalue weighted by molar-refractivity contribution is 7.91. The number of methoxy groups -OCH3 is 1. The lowest BCUT2D eigenvalue weighted by molar-refractivity contribution is 0.0670. The summed E-state index contributed by atoms with van der Waals surface area (Å²) in [5.74, 6) is -0.182. The van der Waals surface area contributed by atoms with Crippen molar-refractivity contribution in [1.29, 1.82) is 0 Å². The molecule has 27 heavy (non-hydrogen) atoms. The van der Waals surface area contributed by atoms with Gasteiger partial charge in [0.2, 0.25) is 0 Å². The monoisotopic (exact) mass is 388 g/mol. The van der Waals surface area contributed by atoms with Crippen molar-refractivity contribution < 1.29 is 17.9 Å². The standard InChI is InChI=1S/C20H24N2O4S/c1-15(19-5-3-4-12-21-19)22(17-8-9-17)20(23)16-6-10-18(11-7-16)27(24,25)14-13-26-2/h3-7,10-12,15,17H,8-9,13-14H2,1-2H3. The lowest BCUT2D eigenvalue weighted by Crippen LogP contribution is -2.36. The molecule has 0 bridgehead atoms. The van der Waals surface area contributed by atoms with E-state index in [0.717, 1.165) is 18.5 Å². The van der Waals surface area contributed by atoms with Gasteiger partial charge in [0.25, 0.3) is 5.91 Å². The molecule has 0 aliphatic heterocycles. The zero-order valence-corrected chi connectivity index (χ0v) is 16.4. The minimum Gasteiger partial charge on any atom is -0.384 e. The van der Waals surface area contributed by atoms with Gasteiger partial charge in [-0.15, -0.1) is 0 Å². The van der Waals surface area contributed by atoms with Crippen LogP contribution >= 0.6 is 0 Å². The van der Waals surface area contributed by atoms with Crippen molar-refractivity contribution in [3.05, 3.63) is 59.9 Å². The van der Waals surface area contributed by atoms with Gasteiger partial charge in [0.15, 0.2) is 9.84 Å². The summed E-state index contributed by atoms with van der Waals surface area (Å²) >= 11 is 0. The van der Waals surface area contributed by atoms with Crippen molar-refractivity contribution >= 4 is 15.7 Å². The van der Waals surface area contributed by atoms with Crippen LogP contribution in [0.15, 0.2) is 53.6 Å². The van der Waals surface area contributed by atoms with Crippen LogP contribution in [0, 0.1) is 0 Å². The van der Waals surface area contributed by atoms with Crippen molar-refractivity contribution in [2.24, 2.45) is 0 Å². The predicted molar refractivity (Wildman–Crippen MR) is 102 cm³/mol. The molecule has 1 aromatic carbocycles. The van der Waals surface area contributed by atoms with Crippen molar-refractivity contribution in [1.82, 2.24) is 9.88 Å². The minimum atomic E-state index is -3.41. The number of pyridine rings is 1. The average molecular weight is 388 g/mol. The van der Waals surface area contributed by atoms with Gasteiger partial charge in [-0.2, -0.15) is 0 Å². The third-order valence-electron chi connectivity index (χ3n) is 4.72. The van der Waals surface area contributed by atoms with Gasteiger partial charge in [0, 0.05) is 24.9 Å². The van der Waals surface area contributed by atoms with Crippen LogP contribution in [0.5, 0.6) is 0 Å². The van der Waals surface area contributed by atoms with E-state index in [0.29, 0.717) is 5.56 Å². The van der Waals surface area contributed by atoms with Gasteiger partial charge in [-0.3, -0.25) is 9.78 Å². The summed E-state index contributed by atoms with van der Waals surface area (Å²) in [4.78, 5) is 19.5. The molecule has 1 atom stereocenters. The number of carbonyl (C=O) groups excluding carboxylic acids is 1. The number of carbonyl (C=O) groups is 1. The lowest BCUT2D eigenvalue weighted by atomic mass is 10.1. The van der Waals surface area contributed by atoms with E-state index in [1.807, 2.05) is 30.0 Å². The van der Waals surface area contributed by atoms with E-state index in [4.69, 9.17) is 4.74 Å². The number of aromatic nitrogens is 1. The van der Waals surface area contributed by atoms with Gasteiger partial charge in [-0.1, -0.05) is 6.07 Å². The molecule has 1 heterocycles. The molecule has 1 saturated carbocycles. The quantitative estimate of drug-likeness (QED) is 0.695. The Hall–Kier alpha value is -2.25. The molecule has 144 valence electrons. The highest BCUT2D eigenvalue weighted by Gasteiger charge is 2.37. The molecule has 0 spiro atoms. The van der Waals surface area contributed by atoms with Crippen LogP contribution in [0.25, 0.3) is 0 Å². The molecule has 0 saturated heterocycles. The fourth-order valence-corrected chi connectivity index (χ4v) is 4.21. The van der Waals surface area contributed by atoms with E-state index in [1.165, 1.54) is 19.2 Å². The van der Waals surface area contributed by atoms with Gasteiger partial charge in [-0.05, 0) is 56.2 Å². The molecule has 7 heteroatoms. The van der Waals surface area contributed by atoms with Crippen LogP contribution < -0.4 is 0 Å². The largest absolute Gasteiger partial charge is 0.384 e. The molecule has 2 aromatic rings. The summed E-state index contributed by atoms with van der Waals surface area (Å²) in [7, 11) is -1.94. The fraction of sp³-hybridized carbons (Fsp3) is 0.400. The highest BCUT2D eigenvalue weighted by Crippen LogP contribution is 2.35. The molecule has 0 N–H and O–H groups in total. The topological polar surface area (TPSA) is 76.6 Å². The first-order valence-corrected chi connectivity index (χ1v) is 10.6. The normalized spacial score (nSPS) is 15.3. The predicted octanol–water partition coefficient (Wildman–Crippen LogP) is 2.87. The van der Waals surface area contributed by atoms with Crippen LogP contribution in [0.3, 0.4) is 0 Å². The van der Waals surface area contributed by atoms with Gasteiger partial charge >= 0.3 is 0 Å². The molecular formula is C20H24N2O4S. The molecule has 1 fully saturated rings. The first-order valence-electron chi connectivity index (χ1n) is 8.99. The third kappa shape index (κ3) is 4.54. The Kier molecular flexibility index (Phi) is 5.92. The summed E-state index contributed by atoms with van der Waals surface area (Å²) in [5, 5.41) is 0. The van der Waals surface area contributed by atoms with E-state index < -0.39 is 9.84 Å². The van der Waals surface area contributed by atoms with Gasteiger partial charge in [0.05, 0.1) is 29.0 Å². The fourth-order valence-electron chi connectivity index (χ4n) is 3.04. The summed E-state index contributed by atoms with van der Waals surface area (Å²) in [6.45, 7) is 2.11. The second kappa shape index (κ2) is 8.19. The number of amides is 1. The zero-order valence-electron chi connectivity index (χ0n) is 15.5. The van der Waals surface area contributed by atoms with Gasteiger partial charge < -0.3 is 9.64 Å². The number of ether oxygens (including phenoxy) is 1. The van der Waals surface area contributed by atoms with Crippen molar-refractivity contribution in [3.8, 4) is 0 Å². The number of hydrogen-bond acceptors (Lipinski definition) is 5. The number of hydrogen-bond donors (Lipinski definition) is 0. The number of rotatable bonds is 8. The van der Waals surface area contributed by atoms with Gasteiger partial charge in [0.1, 0.15) is 0 Å². The summed E-state index contributed by atoms with van der Waals surface area (Å²) in [6.07, 6.45) is 3.68. The molecule has 1 amide bonds. The van der Waals surface area contributed by atoms with Crippen LogP contribution in [-0.2, 0) is 14.6 Å². The number of benzene rings is 1. The maximum absolute atomic E-state index is 13.1. The molecule has 1 aromatic heterocycles. The second-order valence-electron chi connectivity index (χ2n) is 6.71. The van der Waals surface area contributed by atoms with E-state index in [1.54, 1.807) is 18.3 Å². The van der Waals surface area contributed by atoms with E-state index >= 15 is 0 Å². The molecule has 3 rings (SSSR count). The summed E-state index contributed by atoms with van der Waals surface area (Å²) in [6, 6.07) is 11.9. The Bertz CT molecular complexity index is 878. The van der Waals surface area contributed by atoms with Crippen LogP contribution in [0.1, 0.15) is 41.9 Å². The molecule has 1 unspecified atom stereocenters. The van der Waals surface area contributed by atoms with Crippen molar-refractivity contribution in [3.63, 3.8) is 0 Å². The van der Waals surface area contributed by atoms with E-state index in [9.17, 15) is 13.2 Å². The van der Waals surface area contributed by atoms with E-state index in [-0.39, 0.29) is 35.2 Å². The summed E-state index contributed by atoms with van der Waals surface area (Å²) in [5.41, 5.74) is 1.33. The Morgan fingerprint density at radius 3 is 2.48 bits per heavy atom. The van der Waals surface area contributed by atoms with Crippen molar-refractivity contribution in [2.75, 3.05) is 19.5 Å². The maximum Gasteiger partial charge on any atom is 0.254 e. The van der Waals surface area contributed by atoms with Gasteiger partial charge in [-0.25, -0.2) is 8.42 Å². The molecule has 0 radical (unpaired) electrons. The van der Waals surface area contributed by atoms with Crippen molar-refractivity contribution in [2.45, 2.75) is 36.7 Å². The number of nitrogens with zero attached hydrogens (tertiary/aromatic N) is 2. The number of sulfone groups is 1. The second-order valence-corrected chi connectivity index (χ2v) is 8.82. The van der Waals surface area contributed by atoms with Crippen LogP contribution in [0.2, 0.25) is 0 Å². The first kappa shape index (κ1) is 19.5. The Balaban J connectivity index is 1.81. The Morgan fingerprint density at radius 2 is 1.93 bits per heavy atom. The average Bonchev–Trinajstić information content (AvgIpc) is 3.52. The first-order chi connectivity index (χ1) is 12.9. The van der Waals surface area contributed by atoms with Crippen LogP contribution in [0.4, 0.5) is 0 Å². The molecule has 1 aliphatic rings. The molecule has 6 nitrogen and oxygen atoms in total. The minimum absolute atomic E-state index is 0.0816. The summed E-state index contributed by atoms with van der Waals surface area (Å²) < 4.78 is 29.3. The lowest BCUT2D eigenvalue weighted by Gasteiger charge is -2.29. The SMILES string of the molecule is COCCS(=O)(=O)c1ccc(C(=O)N(C2CC2)C(C)c2ccccn2)cc1. The molecule has 1 aliphatic carbocycles. The Labute approximate surface area is 160 Å². The third-order valence-corrected chi connectivity index (χ3v) is 6.42. The maximum atomic E-state index is 13.1. The van der Waals surface area contributed by atoms with E-state index in [2.05, 4.69) is 4.98 Å². The molecular weight excluding hydrogens is 364 g/mol. The Morgan fingerprint density at radius 1 is 1.22 bits per heavy atom.